The fraction of sp³-hybridized carbons (Fsp3) is 0.478. The van der Waals surface area contributed by atoms with Gasteiger partial charge < -0.3 is 9.47 Å². The van der Waals surface area contributed by atoms with E-state index in [2.05, 4.69) is 40.7 Å². The molecule has 0 radical (unpaired) electrons. The Morgan fingerprint density at radius 1 is 1.18 bits per heavy atom. The van der Waals surface area contributed by atoms with Gasteiger partial charge in [0.25, 0.3) is 0 Å². The van der Waals surface area contributed by atoms with Gasteiger partial charge in [-0.2, -0.15) is 0 Å². The topological polar surface area (TPSA) is 21.7 Å². The number of rotatable bonds is 3. The van der Waals surface area contributed by atoms with Crippen LogP contribution in [0.2, 0.25) is 0 Å². The van der Waals surface area contributed by atoms with E-state index >= 15 is 4.39 Å². The molecule has 1 saturated carbocycles. The van der Waals surface area contributed by atoms with Crippen LogP contribution >= 0.6 is 11.9 Å². The van der Waals surface area contributed by atoms with Gasteiger partial charge in [0.05, 0.1) is 7.11 Å². The first-order valence-electron chi connectivity index (χ1n) is 10.2. The van der Waals surface area contributed by atoms with Crippen LogP contribution in [-0.2, 0) is 11.8 Å². The Balaban J connectivity index is 1.46. The molecule has 5 heteroatoms. The lowest BCUT2D eigenvalue weighted by molar-refractivity contribution is -0.0619. The van der Waals surface area contributed by atoms with Crippen LogP contribution in [0.3, 0.4) is 0 Å². The van der Waals surface area contributed by atoms with Crippen LogP contribution < -0.4 is 9.47 Å². The highest BCUT2D eigenvalue weighted by molar-refractivity contribution is 7.97. The van der Waals surface area contributed by atoms with Crippen molar-refractivity contribution in [3.05, 3.63) is 53.6 Å². The lowest BCUT2D eigenvalue weighted by atomic mass is 9.52. The predicted molar refractivity (Wildman–Crippen MR) is 108 cm³/mol. The first-order valence-corrected chi connectivity index (χ1v) is 11.0. The van der Waals surface area contributed by atoms with Crippen molar-refractivity contribution in [3.8, 4) is 11.5 Å². The predicted octanol–water partition coefficient (Wildman–Crippen LogP) is 4.78. The summed E-state index contributed by atoms with van der Waals surface area (Å²) in [6, 6.07) is 15.2. The molecular weight excluding hydrogens is 373 g/mol. The number of hydrogen-bond acceptors (Lipinski definition) is 4. The van der Waals surface area contributed by atoms with Crippen molar-refractivity contribution in [1.29, 1.82) is 0 Å². The van der Waals surface area contributed by atoms with Crippen molar-refractivity contribution in [2.45, 2.75) is 54.3 Å². The van der Waals surface area contributed by atoms with Crippen molar-refractivity contribution in [1.82, 2.24) is 4.31 Å². The summed E-state index contributed by atoms with van der Waals surface area (Å²) in [4.78, 5) is 1.28. The molecule has 0 aromatic heterocycles. The first-order chi connectivity index (χ1) is 13.7. The van der Waals surface area contributed by atoms with E-state index in [-0.39, 0.29) is 11.5 Å². The van der Waals surface area contributed by atoms with Gasteiger partial charge in [-0.15, -0.1) is 0 Å². The molecule has 2 aliphatic heterocycles. The van der Waals surface area contributed by atoms with Crippen LogP contribution in [0.4, 0.5) is 4.39 Å². The molecule has 28 heavy (non-hydrogen) atoms. The molecule has 0 amide bonds. The highest BCUT2D eigenvalue weighted by Crippen LogP contribution is 2.64. The molecule has 4 aliphatic rings. The van der Waals surface area contributed by atoms with E-state index in [0.717, 1.165) is 37.3 Å². The second-order valence-corrected chi connectivity index (χ2v) is 9.60. The van der Waals surface area contributed by atoms with Crippen LogP contribution in [-0.4, -0.2) is 36.3 Å². The molecule has 2 aromatic rings. The van der Waals surface area contributed by atoms with Crippen LogP contribution in [0.15, 0.2) is 47.4 Å². The molecule has 0 N–H and O–H groups in total. The normalized spacial score (nSPS) is 35.2. The third-order valence-corrected chi connectivity index (χ3v) is 8.54. The summed E-state index contributed by atoms with van der Waals surface area (Å²) in [5, 5.41) is 0. The van der Waals surface area contributed by atoms with E-state index in [1.165, 1.54) is 16.0 Å². The van der Waals surface area contributed by atoms with E-state index in [4.69, 9.17) is 9.47 Å². The van der Waals surface area contributed by atoms with E-state index < -0.39 is 6.17 Å². The number of ether oxygens (including phenoxy) is 2. The minimum Gasteiger partial charge on any atom is -0.493 e. The maximum absolute atomic E-state index is 15.1. The summed E-state index contributed by atoms with van der Waals surface area (Å²) in [7, 11) is 1.68. The summed E-state index contributed by atoms with van der Waals surface area (Å²) < 4.78 is 29.6. The van der Waals surface area contributed by atoms with Crippen molar-refractivity contribution >= 4 is 11.9 Å². The summed E-state index contributed by atoms with van der Waals surface area (Å²) in [6.07, 6.45) is 2.24. The first kappa shape index (κ1) is 17.2. The van der Waals surface area contributed by atoms with Crippen LogP contribution in [0.25, 0.3) is 0 Å². The second kappa shape index (κ2) is 6.14. The molecule has 2 fully saturated rings. The van der Waals surface area contributed by atoms with Gasteiger partial charge >= 0.3 is 0 Å². The van der Waals surface area contributed by atoms with Crippen molar-refractivity contribution in [2.24, 2.45) is 5.92 Å². The summed E-state index contributed by atoms with van der Waals surface area (Å²) in [5.74, 6) is 2.02. The molecule has 1 saturated heterocycles. The molecule has 2 bridgehead atoms. The molecular formula is C23H24FNO2S. The standard InChI is InChI=1S/C23H24FNO2S/c1-26-19-10-7-14-13-18-16-8-9-17(24)22-23(16,20(14)21(19)27-22)11-12-25(18)28-15-5-3-2-4-6-15/h2-7,10,16-18,22H,8-9,11-13H2,1H3/t16?,17?,18-,22+,23+/m0/s1. The Morgan fingerprint density at radius 2 is 2.04 bits per heavy atom. The van der Waals surface area contributed by atoms with Gasteiger partial charge in [-0.1, -0.05) is 24.3 Å². The summed E-state index contributed by atoms with van der Waals surface area (Å²) in [5.41, 5.74) is 2.41. The molecule has 2 aromatic carbocycles. The van der Waals surface area contributed by atoms with E-state index in [1.807, 2.05) is 18.0 Å². The van der Waals surface area contributed by atoms with Gasteiger partial charge in [0, 0.05) is 28.5 Å². The maximum atomic E-state index is 15.1. The SMILES string of the molecule is COc1ccc2c3c1O[C@@H]1C(F)CCC4[C@H](C2)N(Sc2ccccc2)CC[C@]341. The largest absolute Gasteiger partial charge is 0.493 e. The van der Waals surface area contributed by atoms with E-state index in [1.54, 1.807) is 7.11 Å². The number of benzene rings is 2. The van der Waals surface area contributed by atoms with Gasteiger partial charge in [0.1, 0.15) is 12.3 Å². The Kier molecular flexibility index (Phi) is 3.76. The third kappa shape index (κ3) is 2.15. The Morgan fingerprint density at radius 3 is 2.86 bits per heavy atom. The van der Waals surface area contributed by atoms with Crippen LogP contribution in [0, 0.1) is 5.92 Å². The molecule has 2 unspecified atom stereocenters. The average Bonchev–Trinajstić information content (AvgIpc) is 3.07. The number of piperidine rings is 1. The van der Waals surface area contributed by atoms with Crippen LogP contribution in [0.1, 0.15) is 30.4 Å². The zero-order valence-electron chi connectivity index (χ0n) is 15.9. The van der Waals surface area contributed by atoms with Crippen LogP contribution in [0.5, 0.6) is 11.5 Å². The molecule has 1 spiro atoms. The van der Waals surface area contributed by atoms with Gasteiger partial charge in [-0.25, -0.2) is 8.70 Å². The highest BCUT2D eigenvalue weighted by atomic mass is 32.2. The second-order valence-electron chi connectivity index (χ2n) is 8.48. The van der Waals surface area contributed by atoms with Gasteiger partial charge in [-0.05, 0) is 67.3 Å². The molecule has 6 rings (SSSR count). The number of nitrogens with zero attached hydrogens (tertiary/aromatic N) is 1. The Labute approximate surface area is 169 Å². The van der Waals surface area contributed by atoms with Crippen molar-refractivity contribution in [3.63, 3.8) is 0 Å². The molecule has 2 aliphatic carbocycles. The number of hydrogen-bond donors (Lipinski definition) is 0. The Bertz CT molecular complexity index is 922. The zero-order chi connectivity index (χ0) is 18.9. The maximum Gasteiger partial charge on any atom is 0.165 e. The quantitative estimate of drug-likeness (QED) is 0.695. The van der Waals surface area contributed by atoms with Gasteiger partial charge in [0.15, 0.2) is 11.5 Å². The zero-order valence-corrected chi connectivity index (χ0v) is 16.8. The minimum absolute atomic E-state index is 0.187. The van der Waals surface area contributed by atoms with Crippen molar-refractivity contribution < 1.29 is 13.9 Å². The smallest absolute Gasteiger partial charge is 0.165 e. The number of halogens is 1. The Hall–Kier alpha value is -1.72. The third-order valence-electron chi connectivity index (χ3n) is 7.36. The molecule has 2 heterocycles. The monoisotopic (exact) mass is 397 g/mol. The molecule has 146 valence electrons. The lowest BCUT2D eigenvalue weighted by Gasteiger charge is -2.58. The van der Waals surface area contributed by atoms with E-state index in [0.29, 0.717) is 18.4 Å². The average molecular weight is 398 g/mol. The summed E-state index contributed by atoms with van der Waals surface area (Å²) >= 11 is 1.86. The van der Waals surface area contributed by atoms with Gasteiger partial charge in [0.2, 0.25) is 0 Å². The van der Waals surface area contributed by atoms with Crippen molar-refractivity contribution in [2.75, 3.05) is 13.7 Å². The van der Waals surface area contributed by atoms with Gasteiger partial charge in [-0.3, -0.25) is 0 Å². The highest BCUT2D eigenvalue weighted by Gasteiger charge is 2.66. The number of methoxy groups -OCH3 is 1. The fourth-order valence-electron chi connectivity index (χ4n) is 6.33. The minimum atomic E-state index is -0.895. The molecule has 3 nitrogen and oxygen atoms in total. The summed E-state index contributed by atoms with van der Waals surface area (Å²) in [6.45, 7) is 0.962. The number of alkyl halides is 1. The molecule has 5 atom stereocenters. The lowest BCUT2D eigenvalue weighted by Crippen LogP contribution is -2.65. The fourth-order valence-corrected chi connectivity index (χ4v) is 7.42. The van der Waals surface area contributed by atoms with E-state index in [9.17, 15) is 0 Å².